The summed E-state index contributed by atoms with van der Waals surface area (Å²) in [5.41, 5.74) is 1.61. The Morgan fingerprint density at radius 2 is 1.95 bits per heavy atom. The van der Waals surface area contributed by atoms with Crippen LogP contribution in [0, 0.1) is 12.8 Å². The van der Waals surface area contributed by atoms with E-state index in [1.54, 1.807) is 6.07 Å². The molecule has 0 saturated carbocycles. The largest absolute Gasteiger partial charge is 0.319 e. The molecule has 0 unspecified atom stereocenters. The molecule has 2 N–H and O–H groups in total. The van der Waals surface area contributed by atoms with E-state index < -0.39 is 10.2 Å². The number of rotatable bonds is 5. The maximum atomic E-state index is 12.4. The number of halogens is 1. The van der Waals surface area contributed by atoms with Crippen LogP contribution < -0.4 is 10.0 Å². The lowest BCUT2D eigenvalue weighted by Gasteiger charge is -2.31. The first-order valence-corrected chi connectivity index (χ1v) is 9.33. The minimum Gasteiger partial charge on any atom is -0.319 e. The van der Waals surface area contributed by atoms with Gasteiger partial charge in [-0.15, -0.1) is 0 Å². The first kappa shape index (κ1) is 16.7. The van der Waals surface area contributed by atoms with E-state index in [9.17, 15) is 8.42 Å². The number of hydrogen-bond donors (Lipinski definition) is 2. The number of nitrogens with one attached hydrogen (secondary N) is 2. The first-order chi connectivity index (χ1) is 9.90. The monoisotopic (exact) mass is 375 g/mol. The van der Waals surface area contributed by atoms with Crippen molar-refractivity contribution in [2.75, 3.05) is 31.4 Å². The van der Waals surface area contributed by atoms with Gasteiger partial charge < -0.3 is 5.32 Å². The standard InChI is InChI=1S/C14H22BrN3O2S/c1-11-7-13(15)9-14(8-11)17-21(19,20)18-5-3-12(4-6-18)10-16-2/h7-9,12,16-17H,3-6,10H2,1-2H3. The van der Waals surface area contributed by atoms with Gasteiger partial charge in [-0.2, -0.15) is 12.7 Å². The molecule has 0 spiro atoms. The van der Waals surface area contributed by atoms with Gasteiger partial charge in [-0.05, 0) is 63.0 Å². The third kappa shape index (κ3) is 4.67. The minimum atomic E-state index is -3.47. The summed E-state index contributed by atoms with van der Waals surface area (Å²) in [7, 11) is -1.54. The van der Waals surface area contributed by atoms with Crippen LogP contribution in [0.15, 0.2) is 22.7 Å². The third-order valence-electron chi connectivity index (χ3n) is 3.70. The summed E-state index contributed by atoms with van der Waals surface area (Å²) in [6.07, 6.45) is 1.80. The highest BCUT2D eigenvalue weighted by Gasteiger charge is 2.27. The van der Waals surface area contributed by atoms with Crippen LogP contribution in [0.4, 0.5) is 5.69 Å². The van der Waals surface area contributed by atoms with Gasteiger partial charge >= 0.3 is 10.2 Å². The topological polar surface area (TPSA) is 61.4 Å². The summed E-state index contributed by atoms with van der Waals surface area (Å²) in [6.45, 7) is 4.04. The second-order valence-electron chi connectivity index (χ2n) is 5.52. The fourth-order valence-corrected chi connectivity index (χ4v) is 4.50. The fraction of sp³-hybridized carbons (Fsp3) is 0.571. The van der Waals surface area contributed by atoms with Crippen molar-refractivity contribution in [2.45, 2.75) is 19.8 Å². The Balaban J connectivity index is 2.02. The van der Waals surface area contributed by atoms with E-state index in [0.29, 0.717) is 24.7 Å². The summed E-state index contributed by atoms with van der Waals surface area (Å²) in [5.74, 6) is 0.564. The van der Waals surface area contributed by atoms with Crippen LogP contribution >= 0.6 is 15.9 Å². The average Bonchev–Trinajstić information content (AvgIpc) is 2.38. The molecular weight excluding hydrogens is 354 g/mol. The van der Waals surface area contributed by atoms with Crippen molar-refractivity contribution in [3.63, 3.8) is 0 Å². The van der Waals surface area contributed by atoms with Crippen molar-refractivity contribution >= 4 is 31.8 Å². The quantitative estimate of drug-likeness (QED) is 0.829. The zero-order valence-electron chi connectivity index (χ0n) is 12.4. The van der Waals surface area contributed by atoms with Crippen LogP contribution in [0.25, 0.3) is 0 Å². The van der Waals surface area contributed by atoms with E-state index in [-0.39, 0.29) is 0 Å². The first-order valence-electron chi connectivity index (χ1n) is 7.10. The lowest BCUT2D eigenvalue weighted by atomic mass is 9.98. The molecule has 0 radical (unpaired) electrons. The molecule has 0 aromatic heterocycles. The highest BCUT2D eigenvalue weighted by Crippen LogP contribution is 2.23. The number of piperidine rings is 1. The Labute approximate surface area is 135 Å². The second-order valence-corrected chi connectivity index (χ2v) is 8.11. The normalized spacial score (nSPS) is 17.9. The summed E-state index contributed by atoms with van der Waals surface area (Å²) in [5, 5.41) is 3.15. The van der Waals surface area contributed by atoms with Gasteiger partial charge in [0.1, 0.15) is 0 Å². The van der Waals surface area contributed by atoms with Gasteiger partial charge in [-0.1, -0.05) is 15.9 Å². The molecule has 1 aliphatic heterocycles. The summed E-state index contributed by atoms with van der Waals surface area (Å²) in [6, 6.07) is 5.55. The summed E-state index contributed by atoms with van der Waals surface area (Å²) >= 11 is 3.39. The Bertz CT molecular complexity index is 564. The molecule has 2 rings (SSSR count). The highest BCUT2D eigenvalue weighted by molar-refractivity contribution is 9.10. The molecule has 21 heavy (non-hydrogen) atoms. The van der Waals surface area contributed by atoms with Crippen LogP contribution in [-0.2, 0) is 10.2 Å². The van der Waals surface area contributed by atoms with E-state index in [1.807, 2.05) is 26.1 Å². The summed E-state index contributed by atoms with van der Waals surface area (Å²) < 4.78 is 29.9. The Kier molecular flexibility index (Phi) is 5.65. The molecule has 1 saturated heterocycles. The second kappa shape index (κ2) is 7.09. The number of aryl methyl sites for hydroxylation is 1. The Hall–Kier alpha value is -0.630. The Morgan fingerprint density at radius 1 is 1.29 bits per heavy atom. The van der Waals surface area contributed by atoms with Gasteiger partial charge in [-0.3, -0.25) is 4.72 Å². The minimum absolute atomic E-state index is 0.564. The molecule has 1 aromatic rings. The lowest BCUT2D eigenvalue weighted by molar-refractivity contribution is 0.272. The van der Waals surface area contributed by atoms with Crippen molar-refractivity contribution in [2.24, 2.45) is 5.92 Å². The molecule has 0 aliphatic carbocycles. The average molecular weight is 376 g/mol. The van der Waals surface area contributed by atoms with Gasteiger partial charge in [0.15, 0.2) is 0 Å². The van der Waals surface area contributed by atoms with E-state index >= 15 is 0 Å². The van der Waals surface area contributed by atoms with Crippen molar-refractivity contribution < 1.29 is 8.42 Å². The molecule has 0 atom stereocenters. The highest BCUT2D eigenvalue weighted by atomic mass is 79.9. The zero-order chi connectivity index (χ0) is 15.5. The maximum Gasteiger partial charge on any atom is 0.301 e. The molecule has 0 amide bonds. The predicted molar refractivity (Wildman–Crippen MR) is 89.6 cm³/mol. The van der Waals surface area contributed by atoms with Gasteiger partial charge in [0.25, 0.3) is 0 Å². The Morgan fingerprint density at radius 3 is 2.52 bits per heavy atom. The van der Waals surface area contributed by atoms with E-state index in [2.05, 4.69) is 26.0 Å². The molecule has 1 fully saturated rings. The molecule has 1 aliphatic rings. The SMILES string of the molecule is CNCC1CCN(S(=O)(=O)Nc2cc(C)cc(Br)c2)CC1. The van der Waals surface area contributed by atoms with Crippen LogP contribution in [0.1, 0.15) is 18.4 Å². The number of benzene rings is 1. The van der Waals surface area contributed by atoms with E-state index in [4.69, 9.17) is 0 Å². The number of nitrogens with zero attached hydrogens (tertiary/aromatic N) is 1. The molecule has 5 nitrogen and oxygen atoms in total. The molecular formula is C14H22BrN3O2S. The van der Waals surface area contributed by atoms with Crippen LogP contribution in [0.3, 0.4) is 0 Å². The number of anilines is 1. The molecule has 1 heterocycles. The maximum absolute atomic E-state index is 12.4. The number of hydrogen-bond acceptors (Lipinski definition) is 3. The van der Waals surface area contributed by atoms with E-state index in [0.717, 1.165) is 29.4 Å². The molecule has 1 aromatic carbocycles. The smallest absolute Gasteiger partial charge is 0.301 e. The fourth-order valence-electron chi connectivity index (χ4n) is 2.65. The van der Waals surface area contributed by atoms with Crippen molar-refractivity contribution in [1.29, 1.82) is 0 Å². The van der Waals surface area contributed by atoms with Crippen LogP contribution in [-0.4, -0.2) is 39.4 Å². The lowest BCUT2D eigenvalue weighted by Crippen LogP contribution is -2.43. The van der Waals surface area contributed by atoms with Crippen molar-refractivity contribution in [1.82, 2.24) is 9.62 Å². The van der Waals surface area contributed by atoms with Gasteiger partial charge in [0, 0.05) is 17.6 Å². The molecule has 118 valence electrons. The third-order valence-corrected chi connectivity index (χ3v) is 5.69. The van der Waals surface area contributed by atoms with Crippen molar-refractivity contribution in [3.8, 4) is 0 Å². The van der Waals surface area contributed by atoms with Crippen LogP contribution in [0.2, 0.25) is 0 Å². The van der Waals surface area contributed by atoms with Crippen LogP contribution in [0.5, 0.6) is 0 Å². The molecule has 7 heteroatoms. The predicted octanol–water partition coefficient (Wildman–Crippen LogP) is 2.35. The zero-order valence-corrected chi connectivity index (χ0v) is 14.8. The van der Waals surface area contributed by atoms with Gasteiger partial charge in [0.2, 0.25) is 0 Å². The summed E-state index contributed by atoms with van der Waals surface area (Å²) in [4.78, 5) is 0. The van der Waals surface area contributed by atoms with Gasteiger partial charge in [-0.25, -0.2) is 0 Å². The van der Waals surface area contributed by atoms with E-state index in [1.165, 1.54) is 4.31 Å². The van der Waals surface area contributed by atoms with Gasteiger partial charge in [0.05, 0.1) is 5.69 Å². The molecule has 0 bridgehead atoms. The van der Waals surface area contributed by atoms with Crippen molar-refractivity contribution in [3.05, 3.63) is 28.2 Å².